The normalized spacial score (nSPS) is 11.6. The average Bonchev–Trinajstić information content (AvgIpc) is 3.41. The monoisotopic (exact) mass is 639 g/mol. The molecule has 0 spiro atoms. The molecule has 0 radical (unpaired) electrons. The van der Waals surface area contributed by atoms with E-state index in [2.05, 4.69) is 41.6 Å². The van der Waals surface area contributed by atoms with Crippen LogP contribution in [-0.2, 0) is 27.7 Å². The number of ether oxygens (including phenoxy) is 1. The minimum Gasteiger partial charge on any atom is -0.462 e. The van der Waals surface area contributed by atoms with Crippen molar-refractivity contribution >= 4 is 35.2 Å². The lowest BCUT2D eigenvalue weighted by molar-refractivity contribution is -0.137. The molecule has 9 nitrogen and oxygen atoms in total. The standard InChI is InChI=1S/C32H32F3N5O4S/c1-5-44-29(43)21-11-15-24(16-12-21)37-27(41)19-45-30-39-38-26(40(30)25-8-6-7-23(17-25)32(33,34)35)18-36-28(42)20-9-13-22(14-10-20)31(2,3)4/h6-17H,5,18-19H2,1-4H3,(H,36,42)(H,37,41). The van der Waals surface area contributed by atoms with E-state index in [0.29, 0.717) is 16.8 Å². The number of esters is 1. The third-order valence-corrected chi connectivity index (χ3v) is 7.49. The lowest BCUT2D eigenvalue weighted by atomic mass is 9.87. The summed E-state index contributed by atoms with van der Waals surface area (Å²) in [5, 5.41) is 13.8. The van der Waals surface area contributed by atoms with Gasteiger partial charge in [0, 0.05) is 11.3 Å². The van der Waals surface area contributed by atoms with Gasteiger partial charge in [0.25, 0.3) is 5.91 Å². The summed E-state index contributed by atoms with van der Waals surface area (Å²) in [4.78, 5) is 37.5. The van der Waals surface area contributed by atoms with Crippen LogP contribution in [0.25, 0.3) is 5.69 Å². The lowest BCUT2D eigenvalue weighted by Gasteiger charge is -2.19. The summed E-state index contributed by atoms with van der Waals surface area (Å²) in [6.45, 7) is 7.98. The zero-order chi connectivity index (χ0) is 32.8. The molecule has 0 fully saturated rings. The summed E-state index contributed by atoms with van der Waals surface area (Å²) < 4.78 is 47.0. The second-order valence-electron chi connectivity index (χ2n) is 10.9. The van der Waals surface area contributed by atoms with Crippen LogP contribution >= 0.6 is 11.8 Å². The average molecular weight is 640 g/mol. The number of benzene rings is 3. The van der Waals surface area contributed by atoms with Crippen LogP contribution in [0.1, 0.15) is 65.4 Å². The highest BCUT2D eigenvalue weighted by atomic mass is 32.2. The van der Waals surface area contributed by atoms with Crippen molar-refractivity contribution in [2.75, 3.05) is 17.7 Å². The number of hydrogen-bond acceptors (Lipinski definition) is 7. The predicted octanol–water partition coefficient (Wildman–Crippen LogP) is 6.42. The van der Waals surface area contributed by atoms with Crippen molar-refractivity contribution in [1.82, 2.24) is 20.1 Å². The highest BCUT2D eigenvalue weighted by Crippen LogP contribution is 2.32. The molecular formula is C32H32F3N5O4S. The predicted molar refractivity (Wildman–Crippen MR) is 164 cm³/mol. The van der Waals surface area contributed by atoms with Gasteiger partial charge in [-0.1, -0.05) is 50.7 Å². The lowest BCUT2D eigenvalue weighted by Crippen LogP contribution is -2.25. The molecule has 3 aromatic carbocycles. The van der Waals surface area contributed by atoms with Gasteiger partial charge in [0.05, 0.1) is 35.7 Å². The zero-order valence-corrected chi connectivity index (χ0v) is 25.9. The Kier molecular flexibility index (Phi) is 10.3. The van der Waals surface area contributed by atoms with Crippen LogP contribution in [0.5, 0.6) is 0 Å². The first-order chi connectivity index (χ1) is 21.3. The van der Waals surface area contributed by atoms with Crippen LogP contribution in [0.4, 0.5) is 18.9 Å². The fraction of sp³-hybridized carbons (Fsp3) is 0.281. The van der Waals surface area contributed by atoms with E-state index in [4.69, 9.17) is 4.74 Å². The number of anilines is 1. The van der Waals surface area contributed by atoms with E-state index in [-0.39, 0.29) is 41.0 Å². The maximum atomic E-state index is 13.5. The van der Waals surface area contributed by atoms with Crippen LogP contribution in [0.2, 0.25) is 0 Å². The van der Waals surface area contributed by atoms with Gasteiger partial charge < -0.3 is 15.4 Å². The molecule has 1 aromatic heterocycles. The quantitative estimate of drug-likeness (QED) is 0.152. The first kappa shape index (κ1) is 33.2. The number of alkyl halides is 3. The third kappa shape index (κ3) is 8.72. The molecule has 0 bridgehead atoms. The molecule has 0 aliphatic rings. The number of amides is 2. The molecule has 0 aliphatic heterocycles. The van der Waals surface area contributed by atoms with Crippen molar-refractivity contribution in [3.63, 3.8) is 0 Å². The highest BCUT2D eigenvalue weighted by molar-refractivity contribution is 7.99. The molecule has 4 aromatic rings. The third-order valence-electron chi connectivity index (χ3n) is 6.56. The molecule has 0 saturated carbocycles. The smallest absolute Gasteiger partial charge is 0.416 e. The van der Waals surface area contributed by atoms with Crippen molar-refractivity contribution in [2.24, 2.45) is 0 Å². The summed E-state index contributed by atoms with van der Waals surface area (Å²) in [5.74, 6) is -1.27. The van der Waals surface area contributed by atoms with Crippen LogP contribution < -0.4 is 10.6 Å². The van der Waals surface area contributed by atoms with E-state index < -0.39 is 29.5 Å². The van der Waals surface area contributed by atoms with Crippen molar-refractivity contribution in [3.8, 4) is 5.69 Å². The van der Waals surface area contributed by atoms with E-state index >= 15 is 0 Å². The Bertz CT molecular complexity index is 1660. The van der Waals surface area contributed by atoms with Crippen molar-refractivity contribution in [1.29, 1.82) is 0 Å². The molecule has 0 atom stereocenters. The molecule has 236 valence electrons. The molecule has 0 saturated heterocycles. The summed E-state index contributed by atoms with van der Waals surface area (Å²) >= 11 is 0.962. The second-order valence-corrected chi connectivity index (χ2v) is 11.9. The second kappa shape index (κ2) is 14.0. The van der Waals surface area contributed by atoms with Crippen molar-refractivity contribution in [2.45, 2.75) is 51.0 Å². The summed E-state index contributed by atoms with van der Waals surface area (Å²) in [7, 11) is 0. The minimum atomic E-state index is -4.59. The Hall–Kier alpha value is -4.65. The van der Waals surface area contributed by atoms with Gasteiger partial charge in [-0.15, -0.1) is 10.2 Å². The molecule has 45 heavy (non-hydrogen) atoms. The Morgan fingerprint density at radius 2 is 1.56 bits per heavy atom. The van der Waals surface area contributed by atoms with Gasteiger partial charge in [0.2, 0.25) is 5.91 Å². The summed E-state index contributed by atoms with van der Waals surface area (Å²) in [6.07, 6.45) is -4.59. The topological polar surface area (TPSA) is 115 Å². The van der Waals surface area contributed by atoms with E-state index in [1.54, 1.807) is 31.2 Å². The van der Waals surface area contributed by atoms with Crippen molar-refractivity contribution in [3.05, 3.63) is 101 Å². The maximum absolute atomic E-state index is 13.5. The van der Waals surface area contributed by atoms with E-state index in [0.717, 1.165) is 29.5 Å². The van der Waals surface area contributed by atoms with Crippen LogP contribution in [0.3, 0.4) is 0 Å². The number of thioether (sulfide) groups is 1. The molecule has 4 rings (SSSR count). The molecular weight excluding hydrogens is 607 g/mol. The largest absolute Gasteiger partial charge is 0.462 e. The molecule has 1 heterocycles. The Morgan fingerprint density at radius 1 is 0.889 bits per heavy atom. The maximum Gasteiger partial charge on any atom is 0.416 e. The number of nitrogens with zero attached hydrogens (tertiary/aromatic N) is 3. The molecule has 0 unspecified atom stereocenters. The van der Waals surface area contributed by atoms with Crippen LogP contribution in [-0.4, -0.2) is 44.9 Å². The van der Waals surface area contributed by atoms with Gasteiger partial charge in [0.15, 0.2) is 11.0 Å². The molecule has 2 N–H and O–H groups in total. The minimum absolute atomic E-state index is 0.0872. The Labute approximate surface area is 262 Å². The first-order valence-electron chi connectivity index (χ1n) is 14.0. The number of carbonyl (C=O) groups excluding carboxylic acids is 3. The summed E-state index contributed by atoms with van der Waals surface area (Å²) in [6, 6.07) is 17.9. The zero-order valence-electron chi connectivity index (χ0n) is 25.1. The number of aromatic nitrogens is 3. The number of halogens is 3. The van der Waals surface area contributed by atoms with E-state index in [1.165, 1.54) is 28.8 Å². The van der Waals surface area contributed by atoms with Gasteiger partial charge in [-0.3, -0.25) is 14.2 Å². The SMILES string of the molecule is CCOC(=O)c1ccc(NC(=O)CSc2nnc(CNC(=O)c3ccc(C(C)(C)C)cc3)n2-c2cccc(C(F)(F)F)c2)cc1. The van der Waals surface area contributed by atoms with Crippen LogP contribution in [0.15, 0.2) is 78.0 Å². The van der Waals surface area contributed by atoms with Gasteiger partial charge in [-0.25, -0.2) is 4.79 Å². The number of nitrogens with one attached hydrogen (secondary N) is 2. The fourth-order valence-electron chi connectivity index (χ4n) is 4.20. The van der Waals surface area contributed by atoms with Gasteiger partial charge in [-0.05, 0) is 72.5 Å². The van der Waals surface area contributed by atoms with Crippen molar-refractivity contribution < 1.29 is 32.3 Å². The van der Waals surface area contributed by atoms with Gasteiger partial charge in [0.1, 0.15) is 0 Å². The first-order valence-corrected chi connectivity index (χ1v) is 15.0. The van der Waals surface area contributed by atoms with Gasteiger partial charge in [-0.2, -0.15) is 13.2 Å². The molecule has 2 amide bonds. The van der Waals surface area contributed by atoms with Gasteiger partial charge >= 0.3 is 12.1 Å². The number of carbonyl (C=O) groups is 3. The molecule has 13 heteroatoms. The number of hydrogen-bond donors (Lipinski definition) is 2. The van der Waals surface area contributed by atoms with E-state index in [1.807, 2.05) is 12.1 Å². The molecule has 0 aliphatic carbocycles. The van der Waals surface area contributed by atoms with Crippen LogP contribution in [0, 0.1) is 0 Å². The summed E-state index contributed by atoms with van der Waals surface area (Å²) in [5.41, 5.74) is 1.40. The van der Waals surface area contributed by atoms with E-state index in [9.17, 15) is 27.6 Å². The number of rotatable bonds is 10. The Balaban J connectivity index is 1.51. The highest BCUT2D eigenvalue weighted by Gasteiger charge is 2.31. The Morgan fingerprint density at radius 3 is 2.18 bits per heavy atom. The fourth-order valence-corrected chi connectivity index (χ4v) is 4.97.